The van der Waals surface area contributed by atoms with Crippen LogP contribution in [0, 0.1) is 11.8 Å². The highest BCUT2D eigenvalue weighted by atomic mass is 16.4. The second kappa shape index (κ2) is 31.0. The zero-order chi connectivity index (χ0) is 54.2. The molecule has 0 aromatic heterocycles. The first-order chi connectivity index (χ1) is 35.3. The van der Waals surface area contributed by atoms with Crippen LogP contribution in [0.5, 0.6) is 0 Å². The van der Waals surface area contributed by atoms with Crippen molar-refractivity contribution in [1.29, 1.82) is 0 Å². The van der Waals surface area contributed by atoms with Crippen LogP contribution < -0.4 is 26.6 Å². The van der Waals surface area contributed by atoms with Crippen LogP contribution >= 0.6 is 0 Å². The second-order valence-electron chi connectivity index (χ2n) is 19.0. The summed E-state index contributed by atoms with van der Waals surface area (Å²) in [5, 5.41) is 71.9. The van der Waals surface area contributed by atoms with Crippen molar-refractivity contribution in [3.63, 3.8) is 0 Å². The number of aliphatic hydroxyl groups excluding tert-OH is 1. The maximum Gasteiger partial charge on any atom is 0.326 e. The van der Waals surface area contributed by atoms with Crippen LogP contribution in [0.1, 0.15) is 63.4 Å². The quantitative estimate of drug-likeness (QED) is 0.0431. The van der Waals surface area contributed by atoms with E-state index in [2.05, 4.69) is 33.2 Å². The molecule has 2 aromatic carbocycles. The number of aliphatic carboxylic acids is 5. The van der Waals surface area contributed by atoms with Crippen LogP contribution in [0.15, 0.2) is 54.8 Å². The largest absolute Gasteiger partial charge is 0.512 e. The summed E-state index contributed by atoms with van der Waals surface area (Å²) in [5.41, 5.74) is 0.838. The number of nitrogens with one attached hydrogen (secondary N) is 5. The minimum Gasteiger partial charge on any atom is -0.512 e. The Kier molecular flexibility index (Phi) is 25.0. The molecule has 11 N–H and O–H groups in total. The standard InChI is InChI=1S/C50H73N9O15/c1-33(60)29-56-19-23-58(31-44(64)65)25-21-57(22-26-59(24-20-56)32-45(66)67)30-42(61)52-28-34-12-14-36(15-13-34)46(68)53-41(27-37-9-6-8-35-7-2-3-10-38(35)37)47(69)51-18-5-4-11-39(48(70)71)54-50(74)55-40(49(72)73)16-17-43(62)63/h2-3,6-10,34,36,39-41,60H,1,4-5,11-32H2,(H,51,69)(H,52,61)(H,53,68)(H,62,63)(H,64,65)(H,66,67)(H,70,71)(H,72,73)(H2,54,55,74). The van der Waals surface area contributed by atoms with Crippen molar-refractivity contribution in [2.75, 3.05) is 91.6 Å². The van der Waals surface area contributed by atoms with Crippen molar-refractivity contribution in [2.45, 2.75) is 82.3 Å². The zero-order valence-electron chi connectivity index (χ0n) is 41.8. The molecule has 74 heavy (non-hydrogen) atoms. The number of amides is 5. The third kappa shape index (κ3) is 22.1. The molecule has 0 radical (unpaired) electrons. The van der Waals surface area contributed by atoms with Crippen LogP contribution in [-0.4, -0.2) is 214 Å². The molecule has 2 aromatic rings. The number of carbonyl (C=O) groups excluding carboxylic acids is 4. The molecule has 1 saturated carbocycles. The van der Waals surface area contributed by atoms with Crippen LogP contribution in [0.25, 0.3) is 10.8 Å². The van der Waals surface area contributed by atoms with Gasteiger partial charge in [0.15, 0.2) is 0 Å². The summed E-state index contributed by atoms with van der Waals surface area (Å²) in [7, 11) is 0. The molecule has 5 amide bonds. The predicted molar refractivity (Wildman–Crippen MR) is 269 cm³/mol. The lowest BCUT2D eigenvalue weighted by atomic mass is 9.81. The first kappa shape index (κ1) is 59.7. The van der Waals surface area contributed by atoms with Gasteiger partial charge in [-0.2, -0.15) is 0 Å². The van der Waals surface area contributed by atoms with E-state index < -0.39 is 78.7 Å². The minimum atomic E-state index is -1.55. The fourth-order valence-corrected chi connectivity index (χ4v) is 9.14. The average Bonchev–Trinajstić information content (AvgIpc) is 3.34. The van der Waals surface area contributed by atoms with Crippen LogP contribution in [0.3, 0.4) is 0 Å². The highest BCUT2D eigenvalue weighted by Gasteiger charge is 2.31. The highest BCUT2D eigenvalue weighted by molar-refractivity contribution is 5.91. The van der Waals surface area contributed by atoms with Gasteiger partial charge in [-0.05, 0) is 73.6 Å². The van der Waals surface area contributed by atoms with Gasteiger partial charge in [-0.25, -0.2) is 14.4 Å². The molecule has 24 heteroatoms. The number of urea groups is 1. The molecule has 1 heterocycles. The van der Waals surface area contributed by atoms with Gasteiger partial charge >= 0.3 is 35.9 Å². The van der Waals surface area contributed by atoms with Crippen LogP contribution in [-0.2, 0) is 44.8 Å². The summed E-state index contributed by atoms with van der Waals surface area (Å²) < 4.78 is 0. The number of carboxylic acid groups (broad SMARTS) is 5. The molecule has 1 aliphatic carbocycles. The van der Waals surface area contributed by atoms with E-state index in [9.17, 15) is 68.7 Å². The summed E-state index contributed by atoms with van der Waals surface area (Å²) in [6, 6.07) is 8.37. The smallest absolute Gasteiger partial charge is 0.326 e. The molecular formula is C50H73N9O15. The monoisotopic (exact) mass is 1040 g/mol. The van der Waals surface area contributed by atoms with Gasteiger partial charge in [0.05, 0.1) is 31.9 Å². The summed E-state index contributed by atoms with van der Waals surface area (Å²) in [6.07, 6.45) is 1.99. The van der Waals surface area contributed by atoms with E-state index in [1.165, 1.54) is 0 Å². The summed E-state index contributed by atoms with van der Waals surface area (Å²) in [4.78, 5) is 119. The number of hydrogen-bond acceptors (Lipinski definition) is 14. The van der Waals surface area contributed by atoms with Gasteiger partial charge in [0.25, 0.3) is 0 Å². The number of carbonyl (C=O) groups is 9. The third-order valence-electron chi connectivity index (χ3n) is 13.2. The van der Waals surface area contributed by atoms with Gasteiger partial charge in [-0.15, -0.1) is 0 Å². The van der Waals surface area contributed by atoms with Gasteiger partial charge in [-0.1, -0.05) is 49.0 Å². The molecule has 0 bridgehead atoms. The van der Waals surface area contributed by atoms with E-state index >= 15 is 0 Å². The summed E-state index contributed by atoms with van der Waals surface area (Å²) >= 11 is 0. The second-order valence-corrected chi connectivity index (χ2v) is 19.0. The number of rotatable bonds is 27. The van der Waals surface area contributed by atoms with Gasteiger partial charge in [0.2, 0.25) is 17.7 Å². The van der Waals surface area contributed by atoms with E-state index in [1.54, 1.807) is 9.80 Å². The van der Waals surface area contributed by atoms with Crippen LogP contribution in [0.2, 0.25) is 0 Å². The predicted octanol–water partition coefficient (Wildman–Crippen LogP) is 0.609. The molecule has 1 aliphatic heterocycles. The molecule has 408 valence electrons. The summed E-state index contributed by atoms with van der Waals surface area (Å²) in [5.74, 6) is -7.48. The van der Waals surface area contributed by atoms with Crippen molar-refractivity contribution < 1.29 is 73.8 Å². The van der Waals surface area contributed by atoms with Gasteiger partial charge in [-0.3, -0.25) is 48.4 Å². The number of fused-ring (bicyclic) bond motifs is 1. The Hall–Kier alpha value is -6.89. The van der Waals surface area contributed by atoms with E-state index in [0.717, 1.165) is 16.3 Å². The fraction of sp³-hybridized carbons (Fsp3) is 0.580. The van der Waals surface area contributed by atoms with Crippen molar-refractivity contribution in [3.8, 4) is 0 Å². The maximum atomic E-state index is 13.9. The average molecular weight is 1040 g/mol. The SMILES string of the molecule is C=C(O)CN1CCN(CC(=O)O)CCN(CC(=O)NCC2CCC(C(=O)NC(Cc3cccc4ccccc34)C(=O)NCCCCC(NC(=O)NC(CCC(=O)O)C(=O)O)C(=O)O)CC2)CCN(CC(=O)O)CC1. The van der Waals surface area contributed by atoms with Crippen molar-refractivity contribution in [3.05, 3.63) is 60.4 Å². The topological polar surface area (TPSA) is 348 Å². The molecule has 1 saturated heterocycles. The van der Waals surface area contributed by atoms with Gasteiger partial charge < -0.3 is 57.2 Å². The number of nitrogens with zero attached hydrogens (tertiary/aromatic N) is 4. The fourth-order valence-electron chi connectivity index (χ4n) is 9.14. The first-order valence-corrected chi connectivity index (χ1v) is 25.0. The molecule has 0 spiro atoms. The number of benzene rings is 2. The normalized spacial score (nSPS) is 18.8. The molecule has 3 atom stereocenters. The van der Waals surface area contributed by atoms with Gasteiger partial charge in [0, 0.05) is 84.2 Å². The molecule has 3 unspecified atom stereocenters. The number of unbranched alkanes of at least 4 members (excludes halogenated alkanes) is 1. The lowest BCUT2D eigenvalue weighted by Gasteiger charge is -2.33. The Morgan fingerprint density at radius 2 is 1.09 bits per heavy atom. The van der Waals surface area contributed by atoms with Crippen LogP contribution in [0.4, 0.5) is 4.79 Å². The zero-order valence-corrected chi connectivity index (χ0v) is 41.8. The maximum absolute atomic E-state index is 13.9. The van der Waals surface area contributed by atoms with Gasteiger partial charge in [0.1, 0.15) is 18.1 Å². The van der Waals surface area contributed by atoms with E-state index in [0.29, 0.717) is 91.0 Å². The Balaban J connectivity index is 1.30. The number of hydrogen-bond donors (Lipinski definition) is 11. The minimum absolute atomic E-state index is 0.00429. The van der Waals surface area contributed by atoms with Crippen molar-refractivity contribution in [2.24, 2.45) is 11.8 Å². The van der Waals surface area contributed by atoms with Crippen molar-refractivity contribution >= 4 is 64.4 Å². The first-order valence-electron chi connectivity index (χ1n) is 25.0. The Morgan fingerprint density at radius 3 is 1.64 bits per heavy atom. The Morgan fingerprint density at radius 1 is 0.568 bits per heavy atom. The van der Waals surface area contributed by atoms with E-state index in [1.807, 2.05) is 52.3 Å². The summed E-state index contributed by atoms with van der Waals surface area (Å²) in [6.45, 7) is 6.68. The lowest BCUT2D eigenvalue weighted by Crippen LogP contribution is -2.51. The van der Waals surface area contributed by atoms with E-state index in [4.69, 9.17) is 5.11 Å². The molecule has 4 rings (SSSR count). The number of aliphatic hydroxyl groups is 1. The molecule has 24 nitrogen and oxygen atoms in total. The molecular weight excluding hydrogens is 967 g/mol. The molecule has 2 aliphatic rings. The highest BCUT2D eigenvalue weighted by Crippen LogP contribution is 2.29. The number of carboxylic acids is 5. The van der Waals surface area contributed by atoms with E-state index in [-0.39, 0.29) is 75.5 Å². The van der Waals surface area contributed by atoms with Crippen molar-refractivity contribution in [1.82, 2.24) is 46.2 Å². The Bertz CT molecular complexity index is 2220. The molecule has 2 fully saturated rings. The Labute approximate surface area is 429 Å². The third-order valence-corrected chi connectivity index (χ3v) is 13.2. The lowest BCUT2D eigenvalue weighted by molar-refractivity contribution is -0.141.